The van der Waals surface area contributed by atoms with Gasteiger partial charge in [0.2, 0.25) is 0 Å². The molecule has 0 fully saturated rings. The van der Waals surface area contributed by atoms with Crippen molar-refractivity contribution in [2.24, 2.45) is 7.05 Å². The second-order valence-corrected chi connectivity index (χ2v) is 6.08. The van der Waals surface area contributed by atoms with Crippen molar-refractivity contribution in [2.45, 2.75) is 32.1 Å². The Bertz CT molecular complexity index is 576. The number of hydrogen-bond donors (Lipinski definition) is 0. The second kappa shape index (κ2) is 6.59. The fraction of sp³-hybridized carbons (Fsp3) is 0.562. The van der Waals surface area contributed by atoms with Crippen LogP contribution in [0.25, 0.3) is 11.0 Å². The molecule has 0 saturated carbocycles. The summed E-state index contributed by atoms with van der Waals surface area (Å²) in [4.78, 5) is 6.88. The quantitative estimate of drug-likeness (QED) is 0.753. The molecule has 3 nitrogen and oxygen atoms in total. The highest BCUT2D eigenvalue weighted by atomic mass is 35.5. The van der Waals surface area contributed by atoms with Crippen LogP contribution in [0.2, 0.25) is 0 Å². The fourth-order valence-corrected chi connectivity index (χ4v) is 2.80. The lowest BCUT2D eigenvalue weighted by molar-refractivity contribution is 0.328. The number of unbranched alkanes of at least 4 members (excludes halogenated alkanes) is 1. The number of halogens is 1. The summed E-state index contributed by atoms with van der Waals surface area (Å²) in [6.45, 7) is 6.21. The molecule has 0 bridgehead atoms. The molecule has 2 rings (SSSR count). The first-order valence-electron chi connectivity index (χ1n) is 7.28. The van der Waals surface area contributed by atoms with Crippen molar-refractivity contribution in [1.29, 1.82) is 0 Å². The van der Waals surface area contributed by atoms with Crippen LogP contribution in [0, 0.1) is 6.92 Å². The molecule has 4 heteroatoms. The van der Waals surface area contributed by atoms with Gasteiger partial charge in [-0.1, -0.05) is 19.4 Å². The van der Waals surface area contributed by atoms with Crippen LogP contribution in [0.3, 0.4) is 0 Å². The zero-order valence-electron chi connectivity index (χ0n) is 12.9. The highest BCUT2D eigenvalue weighted by molar-refractivity contribution is 6.21. The summed E-state index contributed by atoms with van der Waals surface area (Å²) in [6.07, 6.45) is 2.44. The number of nitrogens with zero attached hydrogens (tertiary/aromatic N) is 3. The lowest BCUT2D eigenvalue weighted by Gasteiger charge is -2.20. The molecule has 0 radical (unpaired) electrons. The maximum Gasteiger partial charge on any atom is 0.106 e. The third-order valence-corrected chi connectivity index (χ3v) is 4.25. The summed E-state index contributed by atoms with van der Waals surface area (Å²) in [7, 11) is 4.18. The van der Waals surface area contributed by atoms with Gasteiger partial charge in [-0.15, -0.1) is 11.6 Å². The number of rotatable bonds is 6. The lowest BCUT2D eigenvalue weighted by Crippen LogP contribution is -2.23. The first kappa shape index (κ1) is 15.3. The van der Waals surface area contributed by atoms with E-state index in [9.17, 15) is 0 Å². The SMILES string of the molecule is CCCCN(C)CC(Cl)c1ccc2c(c1)nc(C)n2C. The van der Waals surface area contributed by atoms with Gasteiger partial charge < -0.3 is 9.47 Å². The molecule has 0 saturated heterocycles. The number of aryl methyl sites for hydroxylation is 2. The number of benzene rings is 1. The van der Waals surface area contributed by atoms with Gasteiger partial charge in [-0.2, -0.15) is 0 Å². The number of alkyl halides is 1. The van der Waals surface area contributed by atoms with Gasteiger partial charge in [0.25, 0.3) is 0 Å². The molecule has 0 aliphatic rings. The Hall–Kier alpha value is -1.06. The number of hydrogen-bond acceptors (Lipinski definition) is 2. The van der Waals surface area contributed by atoms with Gasteiger partial charge in [0, 0.05) is 13.6 Å². The van der Waals surface area contributed by atoms with E-state index in [2.05, 4.69) is 46.6 Å². The van der Waals surface area contributed by atoms with E-state index in [0.717, 1.165) is 35.5 Å². The Labute approximate surface area is 126 Å². The van der Waals surface area contributed by atoms with Crippen LogP contribution in [0.15, 0.2) is 18.2 Å². The molecule has 0 aliphatic heterocycles. The molecule has 110 valence electrons. The van der Waals surface area contributed by atoms with Crippen LogP contribution in [0.4, 0.5) is 0 Å². The lowest BCUT2D eigenvalue weighted by atomic mass is 10.1. The average molecular weight is 294 g/mol. The molecular formula is C16H24ClN3. The van der Waals surface area contributed by atoms with Gasteiger partial charge in [0.05, 0.1) is 16.4 Å². The third-order valence-electron chi connectivity index (χ3n) is 3.86. The van der Waals surface area contributed by atoms with E-state index in [1.807, 2.05) is 14.0 Å². The Balaban J connectivity index is 2.12. The zero-order valence-corrected chi connectivity index (χ0v) is 13.6. The van der Waals surface area contributed by atoms with E-state index >= 15 is 0 Å². The largest absolute Gasteiger partial charge is 0.331 e. The van der Waals surface area contributed by atoms with Crippen molar-refractivity contribution in [2.75, 3.05) is 20.1 Å². The summed E-state index contributed by atoms with van der Waals surface area (Å²) >= 11 is 6.55. The topological polar surface area (TPSA) is 21.1 Å². The molecule has 1 heterocycles. The zero-order chi connectivity index (χ0) is 14.7. The Morgan fingerprint density at radius 1 is 1.40 bits per heavy atom. The summed E-state index contributed by atoms with van der Waals surface area (Å²) in [6, 6.07) is 6.36. The molecular weight excluding hydrogens is 270 g/mol. The first-order valence-corrected chi connectivity index (χ1v) is 7.72. The minimum absolute atomic E-state index is 0.0172. The maximum absolute atomic E-state index is 6.55. The van der Waals surface area contributed by atoms with Gasteiger partial charge in [0.1, 0.15) is 5.82 Å². The fourth-order valence-electron chi connectivity index (χ4n) is 2.43. The predicted molar refractivity (Wildman–Crippen MR) is 86.5 cm³/mol. The number of fused-ring (bicyclic) bond motifs is 1. The molecule has 1 atom stereocenters. The Morgan fingerprint density at radius 2 is 2.15 bits per heavy atom. The Kier molecular flexibility index (Phi) is 5.06. The maximum atomic E-state index is 6.55. The van der Waals surface area contributed by atoms with E-state index in [0.29, 0.717) is 0 Å². The number of aromatic nitrogens is 2. The smallest absolute Gasteiger partial charge is 0.106 e. The molecule has 20 heavy (non-hydrogen) atoms. The summed E-state index contributed by atoms with van der Waals surface area (Å²) < 4.78 is 2.11. The van der Waals surface area contributed by atoms with Crippen LogP contribution in [-0.4, -0.2) is 34.6 Å². The monoisotopic (exact) mass is 293 g/mol. The van der Waals surface area contributed by atoms with Crippen molar-refractivity contribution in [1.82, 2.24) is 14.5 Å². The van der Waals surface area contributed by atoms with Gasteiger partial charge in [-0.25, -0.2) is 4.98 Å². The second-order valence-electron chi connectivity index (χ2n) is 5.55. The van der Waals surface area contributed by atoms with Gasteiger partial charge in [-0.3, -0.25) is 0 Å². The predicted octanol–water partition coefficient (Wildman–Crippen LogP) is 3.89. The molecule has 1 aromatic heterocycles. The summed E-state index contributed by atoms with van der Waals surface area (Å²) in [5, 5.41) is 0.0172. The van der Waals surface area contributed by atoms with Gasteiger partial charge in [0.15, 0.2) is 0 Å². The van der Waals surface area contributed by atoms with E-state index < -0.39 is 0 Å². The van der Waals surface area contributed by atoms with Gasteiger partial charge >= 0.3 is 0 Å². The normalized spacial score (nSPS) is 13.3. The van der Waals surface area contributed by atoms with Crippen LogP contribution in [-0.2, 0) is 7.05 Å². The number of likely N-dealkylation sites (N-methyl/N-ethyl adjacent to an activating group) is 1. The van der Waals surface area contributed by atoms with Crippen molar-refractivity contribution in [3.63, 3.8) is 0 Å². The molecule has 0 N–H and O–H groups in total. The molecule has 0 amide bonds. The van der Waals surface area contributed by atoms with E-state index in [-0.39, 0.29) is 5.38 Å². The summed E-state index contributed by atoms with van der Waals surface area (Å²) in [5.41, 5.74) is 3.35. The minimum atomic E-state index is 0.0172. The molecule has 0 spiro atoms. The van der Waals surface area contributed by atoms with Crippen LogP contribution in [0.1, 0.15) is 36.5 Å². The van der Waals surface area contributed by atoms with Crippen LogP contribution in [0.5, 0.6) is 0 Å². The average Bonchev–Trinajstić information content (AvgIpc) is 2.71. The van der Waals surface area contributed by atoms with E-state index in [4.69, 9.17) is 11.6 Å². The molecule has 1 aromatic carbocycles. The highest BCUT2D eigenvalue weighted by Gasteiger charge is 2.13. The van der Waals surface area contributed by atoms with Crippen LogP contribution >= 0.6 is 11.6 Å². The van der Waals surface area contributed by atoms with Crippen molar-refractivity contribution >= 4 is 22.6 Å². The van der Waals surface area contributed by atoms with E-state index in [1.54, 1.807) is 0 Å². The van der Waals surface area contributed by atoms with Gasteiger partial charge in [-0.05, 0) is 44.6 Å². The van der Waals surface area contributed by atoms with Crippen LogP contribution < -0.4 is 0 Å². The van der Waals surface area contributed by atoms with Crippen molar-refractivity contribution < 1.29 is 0 Å². The van der Waals surface area contributed by atoms with Crippen molar-refractivity contribution in [3.8, 4) is 0 Å². The summed E-state index contributed by atoms with van der Waals surface area (Å²) in [5.74, 6) is 1.03. The molecule has 0 aliphatic carbocycles. The van der Waals surface area contributed by atoms with E-state index in [1.165, 1.54) is 12.8 Å². The Morgan fingerprint density at radius 3 is 2.85 bits per heavy atom. The number of imidazole rings is 1. The molecule has 2 aromatic rings. The highest BCUT2D eigenvalue weighted by Crippen LogP contribution is 2.25. The van der Waals surface area contributed by atoms with Crippen molar-refractivity contribution in [3.05, 3.63) is 29.6 Å². The molecule has 1 unspecified atom stereocenters. The third kappa shape index (κ3) is 3.33. The standard InChI is InChI=1S/C16H24ClN3/c1-5-6-9-19(3)11-14(17)13-7-8-16-15(10-13)18-12(2)20(16)4/h7-8,10,14H,5-6,9,11H2,1-4H3. The first-order chi connectivity index (χ1) is 9.52. The minimum Gasteiger partial charge on any atom is -0.331 e.